The topological polar surface area (TPSA) is 50.2 Å². The second kappa shape index (κ2) is 3.65. The summed E-state index contributed by atoms with van der Waals surface area (Å²) < 4.78 is 36.8. The molecule has 0 aliphatic rings. The van der Waals surface area contributed by atoms with Gasteiger partial charge in [-0.05, 0) is 17.7 Å². The van der Waals surface area contributed by atoms with Crippen LogP contribution in [0.2, 0.25) is 0 Å². The number of pyridine rings is 1. The molecule has 1 unspecified atom stereocenters. The van der Waals surface area contributed by atoms with Gasteiger partial charge in [0.1, 0.15) is 0 Å². The van der Waals surface area contributed by atoms with E-state index in [1.54, 1.807) is 0 Å². The number of alkyl halides is 3. The monoisotopic (exact) mass is 205 g/mol. The Kier molecular flexibility index (Phi) is 2.73. The average molecular weight is 205 g/mol. The minimum atomic E-state index is -4.78. The van der Waals surface area contributed by atoms with E-state index in [9.17, 15) is 18.0 Å². The molecule has 0 bridgehead atoms. The second-order valence-corrected chi connectivity index (χ2v) is 2.59. The fourth-order valence-electron chi connectivity index (χ4n) is 1.03. The number of hydrogen-bond donors (Lipinski definition) is 1. The van der Waals surface area contributed by atoms with Gasteiger partial charge in [0.25, 0.3) is 0 Å². The summed E-state index contributed by atoms with van der Waals surface area (Å²) in [6.45, 7) is 0. The Morgan fingerprint density at radius 2 is 1.86 bits per heavy atom. The lowest BCUT2D eigenvalue weighted by atomic mass is 10.0. The zero-order valence-electron chi connectivity index (χ0n) is 6.82. The van der Waals surface area contributed by atoms with Gasteiger partial charge in [0.15, 0.2) is 5.92 Å². The van der Waals surface area contributed by atoms with Crippen LogP contribution in [0.1, 0.15) is 11.5 Å². The molecule has 0 saturated carbocycles. The zero-order valence-corrected chi connectivity index (χ0v) is 6.82. The number of carboxylic acids is 1. The Bertz CT molecular complexity index is 323. The van der Waals surface area contributed by atoms with E-state index in [4.69, 9.17) is 5.11 Å². The van der Waals surface area contributed by atoms with Gasteiger partial charge in [0, 0.05) is 12.4 Å². The van der Waals surface area contributed by atoms with E-state index in [1.165, 1.54) is 0 Å². The number of aromatic nitrogens is 1. The predicted octanol–water partition coefficient (Wildman–Crippen LogP) is 1.81. The van der Waals surface area contributed by atoms with Gasteiger partial charge in [-0.15, -0.1) is 0 Å². The van der Waals surface area contributed by atoms with Crippen molar-refractivity contribution in [1.29, 1.82) is 0 Å². The molecule has 76 valence electrons. The van der Waals surface area contributed by atoms with E-state index in [-0.39, 0.29) is 5.56 Å². The molecule has 3 nitrogen and oxygen atoms in total. The van der Waals surface area contributed by atoms with E-state index >= 15 is 0 Å². The third-order valence-electron chi connectivity index (χ3n) is 1.61. The van der Waals surface area contributed by atoms with E-state index in [2.05, 4.69) is 4.98 Å². The molecule has 1 aromatic heterocycles. The zero-order chi connectivity index (χ0) is 10.8. The number of carboxylic acid groups (broad SMARTS) is 1. The Labute approximate surface area is 77.2 Å². The molecular weight excluding hydrogens is 199 g/mol. The van der Waals surface area contributed by atoms with Gasteiger partial charge in [0.2, 0.25) is 0 Å². The van der Waals surface area contributed by atoms with Crippen LogP contribution in [-0.4, -0.2) is 22.2 Å². The van der Waals surface area contributed by atoms with Gasteiger partial charge in [-0.3, -0.25) is 9.78 Å². The molecule has 0 aromatic carbocycles. The summed E-state index contributed by atoms with van der Waals surface area (Å²) in [5.41, 5.74) is -0.319. The quantitative estimate of drug-likeness (QED) is 0.800. The summed E-state index contributed by atoms with van der Waals surface area (Å²) in [4.78, 5) is 13.9. The molecule has 0 saturated heterocycles. The van der Waals surface area contributed by atoms with Crippen LogP contribution < -0.4 is 0 Å². The third kappa shape index (κ3) is 2.21. The molecule has 1 N–H and O–H groups in total. The van der Waals surface area contributed by atoms with Crippen LogP contribution >= 0.6 is 0 Å². The lowest BCUT2D eigenvalue weighted by Crippen LogP contribution is -2.28. The van der Waals surface area contributed by atoms with Crippen LogP contribution in [0.4, 0.5) is 13.2 Å². The summed E-state index contributed by atoms with van der Waals surface area (Å²) in [6, 6.07) is 2.07. The predicted molar refractivity (Wildman–Crippen MR) is 40.7 cm³/mol. The fraction of sp³-hybridized carbons (Fsp3) is 0.250. The number of hydrogen-bond acceptors (Lipinski definition) is 2. The molecule has 0 spiro atoms. The van der Waals surface area contributed by atoms with E-state index in [0.29, 0.717) is 0 Å². The lowest BCUT2D eigenvalue weighted by molar-refractivity contribution is -0.176. The van der Waals surface area contributed by atoms with E-state index in [1.807, 2.05) is 0 Å². The first-order valence-electron chi connectivity index (χ1n) is 3.62. The van der Waals surface area contributed by atoms with Crippen LogP contribution in [0.25, 0.3) is 0 Å². The van der Waals surface area contributed by atoms with Gasteiger partial charge in [-0.1, -0.05) is 0 Å². The van der Waals surface area contributed by atoms with Crippen molar-refractivity contribution in [2.24, 2.45) is 0 Å². The van der Waals surface area contributed by atoms with Crippen molar-refractivity contribution in [3.05, 3.63) is 30.1 Å². The molecule has 0 fully saturated rings. The summed E-state index contributed by atoms with van der Waals surface area (Å²) >= 11 is 0. The van der Waals surface area contributed by atoms with Crippen molar-refractivity contribution >= 4 is 5.97 Å². The Hall–Kier alpha value is -1.59. The standard InChI is InChI=1S/C8H6F3NO2/c9-8(10,11)6(7(13)14)5-1-3-12-4-2-5/h1-4,6H,(H,13,14). The highest BCUT2D eigenvalue weighted by molar-refractivity contribution is 5.77. The van der Waals surface area contributed by atoms with E-state index < -0.39 is 18.1 Å². The summed E-state index contributed by atoms with van der Waals surface area (Å²) in [7, 11) is 0. The maximum Gasteiger partial charge on any atom is 0.406 e. The molecule has 6 heteroatoms. The molecule has 1 aromatic rings. The minimum absolute atomic E-state index is 0.319. The average Bonchev–Trinajstić information content (AvgIpc) is 2.02. The molecule has 1 atom stereocenters. The Morgan fingerprint density at radius 1 is 1.36 bits per heavy atom. The largest absolute Gasteiger partial charge is 0.481 e. The van der Waals surface area contributed by atoms with E-state index in [0.717, 1.165) is 24.5 Å². The second-order valence-electron chi connectivity index (χ2n) is 2.59. The number of nitrogens with zero attached hydrogens (tertiary/aromatic N) is 1. The number of rotatable bonds is 2. The van der Waals surface area contributed by atoms with Gasteiger partial charge in [-0.2, -0.15) is 13.2 Å². The minimum Gasteiger partial charge on any atom is -0.481 e. The molecular formula is C8H6F3NO2. The molecule has 0 amide bonds. The molecule has 0 aliphatic heterocycles. The first-order valence-corrected chi connectivity index (χ1v) is 3.62. The van der Waals surface area contributed by atoms with Crippen molar-refractivity contribution < 1.29 is 23.1 Å². The molecule has 1 heterocycles. The number of aliphatic carboxylic acids is 1. The highest BCUT2D eigenvalue weighted by Crippen LogP contribution is 2.34. The highest BCUT2D eigenvalue weighted by atomic mass is 19.4. The van der Waals surface area contributed by atoms with Gasteiger partial charge in [0.05, 0.1) is 0 Å². The van der Waals surface area contributed by atoms with Gasteiger partial charge in [-0.25, -0.2) is 0 Å². The molecule has 1 rings (SSSR count). The third-order valence-corrected chi connectivity index (χ3v) is 1.61. The smallest absolute Gasteiger partial charge is 0.406 e. The maximum atomic E-state index is 12.3. The van der Waals surface area contributed by atoms with Crippen molar-refractivity contribution in [3.63, 3.8) is 0 Å². The molecule has 0 radical (unpaired) electrons. The van der Waals surface area contributed by atoms with Crippen LogP contribution in [0, 0.1) is 0 Å². The SMILES string of the molecule is O=C(O)C(c1ccncc1)C(F)(F)F. The van der Waals surface area contributed by atoms with Crippen LogP contribution in [-0.2, 0) is 4.79 Å². The van der Waals surface area contributed by atoms with Crippen molar-refractivity contribution in [1.82, 2.24) is 4.98 Å². The normalized spacial score (nSPS) is 13.6. The molecule has 14 heavy (non-hydrogen) atoms. The van der Waals surface area contributed by atoms with Gasteiger partial charge < -0.3 is 5.11 Å². The first-order chi connectivity index (χ1) is 6.43. The number of halogens is 3. The van der Waals surface area contributed by atoms with Crippen LogP contribution in [0.5, 0.6) is 0 Å². The number of carbonyl (C=O) groups is 1. The fourth-order valence-corrected chi connectivity index (χ4v) is 1.03. The van der Waals surface area contributed by atoms with Crippen LogP contribution in [0.3, 0.4) is 0 Å². The maximum absolute atomic E-state index is 12.3. The van der Waals surface area contributed by atoms with Crippen LogP contribution in [0.15, 0.2) is 24.5 Å². The van der Waals surface area contributed by atoms with Gasteiger partial charge >= 0.3 is 12.1 Å². The Balaban J connectivity index is 3.08. The first kappa shape index (κ1) is 10.5. The summed E-state index contributed by atoms with van der Waals surface area (Å²) in [5, 5.41) is 8.42. The van der Waals surface area contributed by atoms with Crippen molar-refractivity contribution in [3.8, 4) is 0 Å². The lowest BCUT2D eigenvalue weighted by Gasteiger charge is -2.15. The highest BCUT2D eigenvalue weighted by Gasteiger charge is 2.46. The Morgan fingerprint density at radius 3 is 2.21 bits per heavy atom. The summed E-state index contributed by atoms with van der Waals surface area (Å²) in [6.07, 6.45) is -2.54. The summed E-state index contributed by atoms with van der Waals surface area (Å²) in [5.74, 6) is -4.39. The molecule has 0 aliphatic carbocycles. The van der Waals surface area contributed by atoms with Crippen molar-refractivity contribution in [2.75, 3.05) is 0 Å². The van der Waals surface area contributed by atoms with Crippen molar-refractivity contribution in [2.45, 2.75) is 12.1 Å².